The zero-order chi connectivity index (χ0) is 18.1. The second kappa shape index (κ2) is 7.74. The largest absolute Gasteiger partial charge is 0.478 e. The summed E-state index contributed by atoms with van der Waals surface area (Å²) in [5.41, 5.74) is 0.317. The van der Waals surface area contributed by atoms with Crippen LogP contribution in [0.1, 0.15) is 20.7 Å². The molecule has 0 fully saturated rings. The molecule has 0 saturated carbocycles. The topological polar surface area (TPSA) is 63.6 Å². The number of carboxylic acid groups (broad SMARTS) is 1. The molecule has 3 aromatic carbocycles. The molecule has 0 aromatic heterocycles. The lowest BCUT2D eigenvalue weighted by Crippen LogP contribution is -2.12. The molecule has 126 valence electrons. The Balaban J connectivity index is 2.11. The van der Waals surface area contributed by atoms with Crippen molar-refractivity contribution < 1.29 is 19.4 Å². The van der Waals surface area contributed by atoms with E-state index in [2.05, 4.69) is 67.8 Å². The van der Waals surface area contributed by atoms with Crippen molar-refractivity contribution in [3.8, 4) is 5.75 Å². The second-order valence-corrected chi connectivity index (χ2v) is 8.67. The van der Waals surface area contributed by atoms with E-state index in [0.29, 0.717) is 16.5 Å². The van der Waals surface area contributed by atoms with Crippen molar-refractivity contribution in [2.45, 2.75) is 0 Å². The molecule has 0 aliphatic carbocycles. The number of hydrogen-bond acceptors (Lipinski definition) is 3. The van der Waals surface area contributed by atoms with E-state index < -0.39 is 11.9 Å². The second-order valence-electron chi connectivity index (χ2n) is 5.10. The molecule has 4 nitrogen and oxygen atoms in total. The van der Waals surface area contributed by atoms with Crippen LogP contribution in [0.5, 0.6) is 5.75 Å². The highest BCUT2D eigenvalue weighted by Crippen LogP contribution is 2.31. The van der Waals surface area contributed by atoms with Gasteiger partial charge in [0.2, 0.25) is 0 Å². The normalized spacial score (nSPS) is 10.7. The van der Waals surface area contributed by atoms with Crippen molar-refractivity contribution in [2.24, 2.45) is 0 Å². The van der Waals surface area contributed by atoms with Gasteiger partial charge in [0.1, 0.15) is 0 Å². The van der Waals surface area contributed by atoms with Crippen molar-refractivity contribution in [3.05, 3.63) is 70.4 Å². The van der Waals surface area contributed by atoms with Crippen LogP contribution in [-0.4, -0.2) is 17.0 Å². The van der Waals surface area contributed by atoms with Gasteiger partial charge >= 0.3 is 11.9 Å². The molecule has 0 spiro atoms. The summed E-state index contributed by atoms with van der Waals surface area (Å²) in [6.07, 6.45) is 0. The van der Waals surface area contributed by atoms with Crippen LogP contribution in [0, 0.1) is 10.7 Å². The van der Waals surface area contributed by atoms with Crippen molar-refractivity contribution in [2.75, 3.05) is 0 Å². The molecule has 0 radical (unpaired) electrons. The minimum Gasteiger partial charge on any atom is -0.478 e. The maximum Gasteiger partial charge on any atom is 0.344 e. The van der Waals surface area contributed by atoms with Crippen LogP contribution in [0.2, 0.25) is 0 Å². The summed E-state index contributed by atoms with van der Waals surface area (Å²) in [7, 11) is 0. The Morgan fingerprint density at radius 1 is 0.880 bits per heavy atom. The first-order valence-electron chi connectivity index (χ1n) is 7.00. The Morgan fingerprint density at radius 2 is 1.44 bits per heavy atom. The van der Waals surface area contributed by atoms with Crippen LogP contribution < -0.4 is 4.74 Å². The van der Waals surface area contributed by atoms with E-state index in [-0.39, 0.29) is 11.1 Å². The van der Waals surface area contributed by atoms with E-state index in [1.54, 1.807) is 30.3 Å². The van der Waals surface area contributed by atoms with E-state index in [9.17, 15) is 14.7 Å². The quantitative estimate of drug-likeness (QED) is 0.225. The lowest BCUT2D eigenvalue weighted by molar-refractivity contribution is 0.0698. The summed E-state index contributed by atoms with van der Waals surface area (Å²) in [6.45, 7) is 0. The molecule has 1 N–H and O–H groups in total. The highest BCUT2D eigenvalue weighted by molar-refractivity contribution is 14.1. The van der Waals surface area contributed by atoms with Crippen molar-refractivity contribution in [3.63, 3.8) is 0 Å². The van der Waals surface area contributed by atoms with Gasteiger partial charge in [-0.05, 0) is 97.4 Å². The lowest BCUT2D eigenvalue weighted by atomic mass is 9.99. The van der Waals surface area contributed by atoms with Gasteiger partial charge in [0.25, 0.3) is 0 Å². The summed E-state index contributed by atoms with van der Waals surface area (Å²) in [5, 5.41) is 10.5. The number of benzene rings is 3. The van der Waals surface area contributed by atoms with Crippen molar-refractivity contribution in [1.29, 1.82) is 0 Å². The van der Waals surface area contributed by atoms with E-state index in [1.807, 2.05) is 12.1 Å². The molecular formula is C18H9I3O4. The molecule has 0 saturated heterocycles. The maximum atomic E-state index is 12.8. The number of fused-ring (bicyclic) bond motifs is 1. The molecule has 25 heavy (non-hydrogen) atoms. The first-order chi connectivity index (χ1) is 11.9. The van der Waals surface area contributed by atoms with Crippen LogP contribution >= 0.6 is 67.8 Å². The first kappa shape index (κ1) is 18.8. The van der Waals surface area contributed by atoms with Gasteiger partial charge in [-0.3, -0.25) is 0 Å². The van der Waals surface area contributed by atoms with Crippen molar-refractivity contribution in [1.82, 2.24) is 0 Å². The number of ether oxygens (including phenoxy) is 1. The zero-order valence-electron chi connectivity index (χ0n) is 12.4. The predicted molar refractivity (Wildman–Crippen MR) is 120 cm³/mol. The fraction of sp³-hybridized carbons (Fsp3) is 0. The minimum absolute atomic E-state index is 0.0806. The molecule has 0 heterocycles. The molecule has 0 atom stereocenters. The number of carbonyl (C=O) groups is 2. The summed E-state index contributed by atoms with van der Waals surface area (Å²) >= 11 is 6.44. The molecule has 3 rings (SSSR count). The van der Waals surface area contributed by atoms with Gasteiger partial charge in [-0.15, -0.1) is 0 Å². The van der Waals surface area contributed by atoms with E-state index in [1.165, 1.54) is 6.07 Å². The van der Waals surface area contributed by atoms with Crippen molar-refractivity contribution >= 4 is 90.5 Å². The molecule has 0 bridgehead atoms. The van der Waals surface area contributed by atoms with Crippen LogP contribution in [0.15, 0.2) is 48.5 Å². The Labute approximate surface area is 184 Å². The van der Waals surface area contributed by atoms with Gasteiger partial charge in [-0.2, -0.15) is 0 Å². The van der Waals surface area contributed by atoms with Crippen LogP contribution in [0.4, 0.5) is 0 Å². The third kappa shape index (κ3) is 3.92. The average Bonchev–Trinajstić information content (AvgIpc) is 2.56. The van der Waals surface area contributed by atoms with E-state index in [0.717, 1.165) is 10.7 Å². The monoisotopic (exact) mass is 670 g/mol. The number of carbonyl (C=O) groups excluding carboxylic acids is 1. The van der Waals surface area contributed by atoms with Gasteiger partial charge in [0.15, 0.2) is 5.75 Å². The van der Waals surface area contributed by atoms with E-state index >= 15 is 0 Å². The molecule has 3 aromatic rings. The van der Waals surface area contributed by atoms with Gasteiger partial charge in [0, 0.05) is 8.96 Å². The smallest absolute Gasteiger partial charge is 0.344 e. The highest BCUT2D eigenvalue weighted by Gasteiger charge is 2.20. The average molecular weight is 670 g/mol. The molecule has 7 heteroatoms. The SMILES string of the molecule is O=C(O)c1cccc2cccc(C(=O)Oc3c(I)cc(I)cc3I)c12. The number of hydrogen-bond donors (Lipinski definition) is 1. The van der Waals surface area contributed by atoms with Crippen LogP contribution in [-0.2, 0) is 0 Å². The van der Waals surface area contributed by atoms with Crippen LogP contribution in [0.3, 0.4) is 0 Å². The molecule has 0 aliphatic rings. The summed E-state index contributed by atoms with van der Waals surface area (Å²) < 4.78 is 8.30. The first-order valence-corrected chi connectivity index (χ1v) is 10.2. The Hall–Kier alpha value is -0.950. The fourth-order valence-electron chi connectivity index (χ4n) is 2.46. The summed E-state index contributed by atoms with van der Waals surface area (Å²) in [6, 6.07) is 13.8. The maximum absolute atomic E-state index is 12.8. The van der Waals surface area contributed by atoms with Gasteiger partial charge in [0.05, 0.1) is 18.3 Å². The number of aromatic carboxylic acids is 1. The molecule has 0 amide bonds. The highest BCUT2D eigenvalue weighted by atomic mass is 127. The van der Waals surface area contributed by atoms with E-state index in [4.69, 9.17) is 4.74 Å². The lowest BCUT2D eigenvalue weighted by Gasteiger charge is -2.12. The third-order valence-corrected chi connectivity index (χ3v) is 5.74. The number of halogens is 3. The Kier molecular flexibility index (Phi) is 5.83. The molecule has 0 unspecified atom stereocenters. The molecule has 0 aliphatic heterocycles. The summed E-state index contributed by atoms with van der Waals surface area (Å²) in [4.78, 5) is 24.3. The fourth-order valence-corrected chi connectivity index (χ4v) is 6.27. The zero-order valence-corrected chi connectivity index (χ0v) is 18.9. The predicted octanol–water partition coefficient (Wildman–Crippen LogP) is 5.57. The summed E-state index contributed by atoms with van der Waals surface area (Å²) in [5.74, 6) is -1.17. The Bertz CT molecular complexity index is 986. The number of esters is 1. The third-order valence-electron chi connectivity index (χ3n) is 3.51. The molecular weight excluding hydrogens is 661 g/mol. The van der Waals surface area contributed by atoms with Gasteiger partial charge in [-0.1, -0.05) is 24.3 Å². The minimum atomic E-state index is -1.08. The standard InChI is InChI=1S/C18H9I3O4/c19-10-7-13(20)16(14(21)8-10)25-18(24)12-6-2-4-9-3-1-5-11(15(9)12)17(22)23/h1-8H,(H,22,23). The van der Waals surface area contributed by atoms with Crippen LogP contribution in [0.25, 0.3) is 10.8 Å². The van der Waals surface area contributed by atoms with Gasteiger partial charge < -0.3 is 9.84 Å². The van der Waals surface area contributed by atoms with Gasteiger partial charge in [-0.25, -0.2) is 9.59 Å². The Morgan fingerprint density at radius 3 is 2.00 bits per heavy atom. The number of carboxylic acids is 1. The number of rotatable bonds is 3.